The summed E-state index contributed by atoms with van der Waals surface area (Å²) in [7, 11) is -8.24. The maximum Gasteiger partial charge on any atom is 0.456 e. The van der Waals surface area contributed by atoms with E-state index in [4.69, 9.17) is 14.4 Å². The van der Waals surface area contributed by atoms with Crippen LogP contribution in [-0.2, 0) is 31.5 Å². The molecule has 0 saturated heterocycles. The quantitative estimate of drug-likeness (QED) is 0.392. The van der Waals surface area contributed by atoms with E-state index >= 15 is 0 Å². The van der Waals surface area contributed by atoms with E-state index in [1.165, 1.54) is 0 Å². The molecule has 0 aromatic heterocycles. The van der Waals surface area contributed by atoms with Crippen molar-refractivity contribution in [2.75, 3.05) is 0 Å². The fourth-order valence-electron chi connectivity index (χ4n) is 0. The Balaban J connectivity index is -0.0000000175. The Bertz CT molecular complexity index is 68.4. The summed E-state index contributed by atoms with van der Waals surface area (Å²) >= 11 is 0. The Labute approximate surface area is 95.3 Å². The molecule has 0 spiro atoms. The second-order valence-corrected chi connectivity index (χ2v) is 1.15. The van der Waals surface area contributed by atoms with Gasteiger partial charge < -0.3 is 0 Å². The van der Waals surface area contributed by atoms with Gasteiger partial charge in [0.25, 0.3) is 20.4 Å². The molecule has 6 radical (unpaired) electrons. The van der Waals surface area contributed by atoms with Crippen LogP contribution in [0.3, 0.4) is 0 Å². The standard InChI is InChI=1S/3CO.2F3P.Fe/c3*1-2;2*1-4(2)3;. The molecular weight excluding hydrogens is 316 g/mol. The second kappa shape index (κ2) is 65.9. The molecule has 12 heteroatoms. The van der Waals surface area contributed by atoms with Crippen LogP contribution in [0.15, 0.2) is 0 Å². The van der Waals surface area contributed by atoms with Crippen molar-refractivity contribution in [3.8, 4) is 0 Å². The second-order valence-electron chi connectivity index (χ2n) is 0.383. The number of carbonyl (C=O) groups excluding carboxylic acids is 3. The van der Waals surface area contributed by atoms with Crippen LogP contribution in [0.25, 0.3) is 0 Å². The predicted octanol–water partition coefficient (Wildman–Crippen LogP) is 3.05. The first-order valence-electron chi connectivity index (χ1n) is 1.63. The van der Waals surface area contributed by atoms with Gasteiger partial charge in [-0.25, -0.2) is 0 Å². The summed E-state index contributed by atoms with van der Waals surface area (Å²) in [6, 6.07) is 0. The molecule has 0 unspecified atom stereocenters. The van der Waals surface area contributed by atoms with Crippen molar-refractivity contribution < 1.29 is 56.6 Å². The average molecular weight is 316 g/mol. The zero-order chi connectivity index (χ0) is 13.2. The van der Waals surface area contributed by atoms with E-state index in [1.54, 1.807) is 0 Å². The first kappa shape index (κ1) is 36.3. The first-order valence-corrected chi connectivity index (χ1v) is 3.65. The molecular formula is C3F6FeO3P2. The van der Waals surface area contributed by atoms with Gasteiger partial charge in [0.05, 0.1) is 0 Å². The Morgan fingerprint density at radius 1 is 0.533 bits per heavy atom. The Morgan fingerprint density at radius 3 is 0.533 bits per heavy atom. The fourth-order valence-corrected chi connectivity index (χ4v) is 0. The van der Waals surface area contributed by atoms with Gasteiger partial charge in [0.15, 0.2) is 0 Å². The van der Waals surface area contributed by atoms with Gasteiger partial charge in [-0.2, -0.15) is 25.2 Å². The summed E-state index contributed by atoms with van der Waals surface area (Å²) in [5, 5.41) is 0. The molecule has 3 nitrogen and oxygen atoms in total. The molecule has 0 aliphatic rings. The van der Waals surface area contributed by atoms with Crippen LogP contribution in [0.1, 0.15) is 0 Å². The molecule has 0 atom stereocenters. The summed E-state index contributed by atoms with van der Waals surface area (Å²) in [5.74, 6) is 0. The Kier molecular flexibility index (Phi) is 160. The van der Waals surface area contributed by atoms with Crippen LogP contribution >= 0.6 is 17.7 Å². The largest absolute Gasteiger partial charge is 0.456 e. The number of hydrogen-bond donors (Lipinski definition) is 0. The van der Waals surface area contributed by atoms with Gasteiger partial charge in [0.1, 0.15) is 0 Å². The molecule has 0 aromatic carbocycles. The van der Waals surface area contributed by atoms with Crippen LogP contribution in [0, 0.1) is 0 Å². The molecule has 0 saturated carbocycles. The van der Waals surface area contributed by atoms with E-state index in [0.29, 0.717) is 0 Å². The third-order valence-electron chi connectivity index (χ3n) is 0. The van der Waals surface area contributed by atoms with Crippen molar-refractivity contribution in [3.05, 3.63) is 0 Å². The molecule has 15 heavy (non-hydrogen) atoms. The third kappa shape index (κ3) is 2150000. The maximum absolute atomic E-state index is 9.73. The Hall–Kier alpha value is -0.0305. The van der Waals surface area contributed by atoms with Crippen molar-refractivity contribution in [3.63, 3.8) is 0 Å². The van der Waals surface area contributed by atoms with E-state index in [-0.39, 0.29) is 17.1 Å². The fraction of sp³-hybridized carbons (Fsp3) is 0. The predicted molar refractivity (Wildman–Crippen MR) is 37.6 cm³/mol. The molecule has 0 aromatic rings. The third-order valence-corrected chi connectivity index (χ3v) is 0. The van der Waals surface area contributed by atoms with Gasteiger partial charge in [-0.15, -0.1) is 0 Å². The van der Waals surface area contributed by atoms with E-state index < -0.39 is 17.7 Å². The normalized spacial score (nSPS) is 5.60. The van der Waals surface area contributed by atoms with Crippen molar-refractivity contribution in [1.82, 2.24) is 0 Å². The number of hydrogen-bond acceptors (Lipinski definition) is 3. The van der Waals surface area contributed by atoms with Crippen molar-refractivity contribution >= 4 is 38.1 Å². The van der Waals surface area contributed by atoms with Gasteiger partial charge in [-0.1, -0.05) is 0 Å². The molecule has 0 aliphatic heterocycles. The van der Waals surface area contributed by atoms with Crippen molar-refractivity contribution in [1.29, 1.82) is 0 Å². The van der Waals surface area contributed by atoms with Crippen LogP contribution in [0.4, 0.5) is 25.2 Å². The van der Waals surface area contributed by atoms with Gasteiger partial charge in [0.2, 0.25) is 0 Å². The topological polar surface area (TPSA) is 51.2 Å². The van der Waals surface area contributed by atoms with Crippen LogP contribution in [0.2, 0.25) is 0 Å². The zero-order valence-electron chi connectivity index (χ0n) is 6.24. The molecule has 0 bridgehead atoms. The van der Waals surface area contributed by atoms with Gasteiger partial charge in [-0.3, -0.25) is 14.4 Å². The minimum Gasteiger partial charge on any atom is -0.281 e. The molecule has 0 fully saturated rings. The van der Waals surface area contributed by atoms with E-state index in [9.17, 15) is 25.2 Å². The van der Waals surface area contributed by atoms with E-state index in [0.717, 1.165) is 0 Å². The summed E-state index contributed by atoms with van der Waals surface area (Å²) in [6.45, 7) is 13.5. The smallest absolute Gasteiger partial charge is 0.281 e. The summed E-state index contributed by atoms with van der Waals surface area (Å²) in [5.41, 5.74) is 0. The van der Waals surface area contributed by atoms with Crippen LogP contribution < -0.4 is 0 Å². The summed E-state index contributed by atoms with van der Waals surface area (Å²) in [6.07, 6.45) is 0. The number of rotatable bonds is 0. The molecule has 0 aliphatic carbocycles. The minimum absolute atomic E-state index is 0. The van der Waals surface area contributed by atoms with Crippen LogP contribution in [0.5, 0.6) is 0 Å². The monoisotopic (exact) mass is 316 g/mol. The molecule has 90 valence electrons. The molecule has 0 heterocycles. The van der Waals surface area contributed by atoms with Crippen LogP contribution in [-0.4, -0.2) is 20.4 Å². The average Bonchev–Trinajstić information content (AvgIpc) is 2.12. The first-order chi connectivity index (χ1) is 6.46. The SMILES string of the molecule is FP(F)F.FP(F)F.[C]=O.[C]=O.[C]=O.[Fe]. The molecule has 0 amide bonds. The zero-order valence-corrected chi connectivity index (χ0v) is 9.13. The Morgan fingerprint density at radius 2 is 0.533 bits per heavy atom. The van der Waals surface area contributed by atoms with Crippen molar-refractivity contribution in [2.45, 2.75) is 0 Å². The van der Waals surface area contributed by atoms with Gasteiger partial charge >= 0.3 is 17.7 Å². The van der Waals surface area contributed by atoms with Gasteiger partial charge in [-0.05, 0) is 0 Å². The number of halogens is 6. The molecule has 0 rings (SSSR count). The van der Waals surface area contributed by atoms with Crippen molar-refractivity contribution in [2.24, 2.45) is 0 Å². The minimum atomic E-state index is -4.12. The van der Waals surface area contributed by atoms with Gasteiger partial charge in [0, 0.05) is 17.1 Å². The maximum atomic E-state index is 9.73. The summed E-state index contributed by atoms with van der Waals surface area (Å²) < 4.78 is 58.4. The van der Waals surface area contributed by atoms with E-state index in [2.05, 4.69) is 20.4 Å². The summed E-state index contributed by atoms with van der Waals surface area (Å²) in [4.78, 5) is 22.5. The molecule has 0 N–H and O–H groups in total. The van der Waals surface area contributed by atoms with E-state index in [1.807, 2.05) is 0 Å².